The van der Waals surface area contributed by atoms with Gasteiger partial charge in [0.05, 0.1) is 23.8 Å². The Morgan fingerprint density at radius 1 is 0.957 bits per heavy atom. The van der Waals surface area contributed by atoms with E-state index in [-0.39, 0.29) is 12.3 Å². The van der Waals surface area contributed by atoms with Gasteiger partial charge in [-0.25, -0.2) is 4.98 Å². The van der Waals surface area contributed by atoms with Gasteiger partial charge in [0.1, 0.15) is 0 Å². The number of nitrogens with zero attached hydrogens (tertiary/aromatic N) is 2. The zero-order valence-corrected chi connectivity index (χ0v) is 12.3. The molecule has 0 saturated carbocycles. The minimum absolute atomic E-state index is 0.0431. The predicted molar refractivity (Wildman–Crippen MR) is 88.2 cm³/mol. The molecule has 23 heavy (non-hydrogen) atoms. The van der Waals surface area contributed by atoms with Gasteiger partial charge >= 0.3 is 0 Å². The normalized spacial score (nSPS) is 11.0. The van der Waals surface area contributed by atoms with Crippen LogP contribution in [0.25, 0.3) is 22.6 Å². The van der Waals surface area contributed by atoms with Crippen LogP contribution >= 0.6 is 0 Å². The van der Waals surface area contributed by atoms with E-state index in [4.69, 9.17) is 4.42 Å². The van der Waals surface area contributed by atoms with Crippen molar-refractivity contribution in [1.29, 1.82) is 0 Å². The number of carbonyl (C=O) groups is 1. The SMILES string of the molecule is O=C(Cn1c(-c2ccco2)nc2ccccc21)c1ccccc1. The monoisotopic (exact) mass is 302 g/mol. The van der Waals surface area contributed by atoms with Crippen molar-refractivity contribution >= 4 is 16.8 Å². The molecule has 4 rings (SSSR count). The number of fused-ring (bicyclic) bond motifs is 1. The van der Waals surface area contributed by atoms with E-state index in [0.717, 1.165) is 11.0 Å². The Bertz CT molecular complexity index is 954. The lowest BCUT2D eigenvalue weighted by Crippen LogP contribution is -2.11. The van der Waals surface area contributed by atoms with Crippen molar-refractivity contribution in [2.75, 3.05) is 0 Å². The van der Waals surface area contributed by atoms with Crippen LogP contribution in [0, 0.1) is 0 Å². The zero-order valence-electron chi connectivity index (χ0n) is 12.3. The van der Waals surface area contributed by atoms with Crippen molar-refractivity contribution in [3.8, 4) is 11.6 Å². The Kier molecular flexibility index (Phi) is 3.27. The molecule has 0 atom stereocenters. The topological polar surface area (TPSA) is 48.0 Å². The van der Waals surface area contributed by atoms with Crippen molar-refractivity contribution in [3.63, 3.8) is 0 Å². The molecule has 0 aliphatic heterocycles. The highest BCUT2D eigenvalue weighted by Gasteiger charge is 2.17. The van der Waals surface area contributed by atoms with Gasteiger partial charge in [-0.15, -0.1) is 0 Å². The molecule has 0 aliphatic carbocycles. The first kappa shape index (κ1) is 13.5. The van der Waals surface area contributed by atoms with E-state index in [0.29, 0.717) is 17.1 Å². The van der Waals surface area contributed by atoms with Crippen LogP contribution in [-0.4, -0.2) is 15.3 Å². The molecule has 2 heterocycles. The lowest BCUT2D eigenvalue weighted by Gasteiger charge is -2.07. The molecular weight excluding hydrogens is 288 g/mol. The molecule has 4 heteroatoms. The molecule has 0 amide bonds. The predicted octanol–water partition coefficient (Wildman–Crippen LogP) is 4.18. The van der Waals surface area contributed by atoms with E-state index in [1.54, 1.807) is 6.26 Å². The van der Waals surface area contributed by atoms with Crippen LogP contribution in [0.4, 0.5) is 0 Å². The quantitative estimate of drug-likeness (QED) is 0.531. The molecule has 2 aromatic heterocycles. The average Bonchev–Trinajstić information content (AvgIpc) is 3.24. The number of carbonyl (C=O) groups excluding carboxylic acids is 1. The largest absolute Gasteiger partial charge is 0.461 e. The Labute approximate surface area is 133 Å². The van der Waals surface area contributed by atoms with Gasteiger partial charge in [-0.2, -0.15) is 0 Å². The molecule has 4 aromatic rings. The van der Waals surface area contributed by atoms with Crippen molar-refractivity contribution in [3.05, 3.63) is 78.6 Å². The van der Waals surface area contributed by atoms with Crippen LogP contribution in [-0.2, 0) is 6.54 Å². The summed E-state index contributed by atoms with van der Waals surface area (Å²) in [5, 5.41) is 0. The molecule has 0 radical (unpaired) electrons. The van der Waals surface area contributed by atoms with Crippen LogP contribution in [0.5, 0.6) is 0 Å². The van der Waals surface area contributed by atoms with E-state index >= 15 is 0 Å². The standard InChI is InChI=1S/C19H14N2O2/c22-17(14-7-2-1-3-8-14)13-21-16-10-5-4-9-15(16)20-19(21)18-11-6-12-23-18/h1-12H,13H2. The zero-order chi connectivity index (χ0) is 15.6. The van der Waals surface area contributed by atoms with E-state index in [1.165, 1.54) is 0 Å². The third-order valence-corrected chi connectivity index (χ3v) is 3.79. The molecule has 0 spiro atoms. The highest BCUT2D eigenvalue weighted by Crippen LogP contribution is 2.25. The molecule has 112 valence electrons. The Hall–Kier alpha value is -3.14. The molecule has 0 saturated heterocycles. The Morgan fingerprint density at radius 2 is 1.74 bits per heavy atom. The van der Waals surface area contributed by atoms with Crippen LogP contribution in [0.3, 0.4) is 0 Å². The average molecular weight is 302 g/mol. The van der Waals surface area contributed by atoms with Gasteiger partial charge in [-0.05, 0) is 24.3 Å². The summed E-state index contributed by atoms with van der Waals surface area (Å²) >= 11 is 0. The van der Waals surface area contributed by atoms with Crippen LogP contribution in [0.1, 0.15) is 10.4 Å². The molecule has 2 aromatic carbocycles. The number of hydrogen-bond acceptors (Lipinski definition) is 3. The number of rotatable bonds is 4. The van der Waals surface area contributed by atoms with Crippen molar-refractivity contribution < 1.29 is 9.21 Å². The molecular formula is C19H14N2O2. The summed E-state index contributed by atoms with van der Waals surface area (Å²) in [7, 11) is 0. The number of Topliss-reactive ketones (excluding diaryl/α,β-unsaturated/α-hetero) is 1. The van der Waals surface area contributed by atoms with E-state index in [9.17, 15) is 4.79 Å². The van der Waals surface area contributed by atoms with Crippen LogP contribution < -0.4 is 0 Å². The fourth-order valence-electron chi connectivity index (χ4n) is 2.69. The summed E-state index contributed by atoms with van der Waals surface area (Å²) in [5.41, 5.74) is 2.46. The lowest BCUT2D eigenvalue weighted by molar-refractivity contribution is 0.0974. The van der Waals surface area contributed by atoms with Crippen molar-refractivity contribution in [1.82, 2.24) is 9.55 Å². The Morgan fingerprint density at radius 3 is 2.52 bits per heavy atom. The van der Waals surface area contributed by atoms with Gasteiger partial charge in [-0.3, -0.25) is 4.79 Å². The van der Waals surface area contributed by atoms with Gasteiger partial charge in [0, 0.05) is 5.56 Å². The number of hydrogen-bond donors (Lipinski definition) is 0. The van der Waals surface area contributed by atoms with Gasteiger partial charge in [0.15, 0.2) is 17.4 Å². The molecule has 0 aliphatic rings. The third-order valence-electron chi connectivity index (χ3n) is 3.79. The second-order valence-corrected chi connectivity index (χ2v) is 5.28. The first-order valence-corrected chi connectivity index (χ1v) is 7.40. The molecule has 0 N–H and O–H groups in total. The summed E-state index contributed by atoms with van der Waals surface area (Å²) in [6.45, 7) is 0.223. The molecule has 0 fully saturated rings. The van der Waals surface area contributed by atoms with Crippen molar-refractivity contribution in [2.45, 2.75) is 6.54 Å². The van der Waals surface area contributed by atoms with Gasteiger partial charge < -0.3 is 8.98 Å². The number of aromatic nitrogens is 2. The maximum atomic E-state index is 12.6. The van der Waals surface area contributed by atoms with Crippen LogP contribution in [0.2, 0.25) is 0 Å². The first-order chi connectivity index (χ1) is 11.3. The highest BCUT2D eigenvalue weighted by atomic mass is 16.3. The number of benzene rings is 2. The molecule has 0 bridgehead atoms. The number of furan rings is 1. The van der Waals surface area contributed by atoms with Crippen LogP contribution in [0.15, 0.2) is 77.4 Å². The summed E-state index contributed by atoms with van der Waals surface area (Å²) in [6.07, 6.45) is 1.61. The fourth-order valence-corrected chi connectivity index (χ4v) is 2.69. The third kappa shape index (κ3) is 2.44. The first-order valence-electron chi connectivity index (χ1n) is 7.40. The minimum atomic E-state index is 0.0431. The van der Waals surface area contributed by atoms with Gasteiger partial charge in [0.25, 0.3) is 0 Å². The summed E-state index contributed by atoms with van der Waals surface area (Å²) in [5.74, 6) is 1.36. The summed E-state index contributed by atoms with van der Waals surface area (Å²) < 4.78 is 7.39. The second-order valence-electron chi connectivity index (χ2n) is 5.28. The second kappa shape index (κ2) is 5.57. The lowest BCUT2D eigenvalue weighted by atomic mass is 10.1. The van der Waals surface area contributed by atoms with Crippen molar-refractivity contribution in [2.24, 2.45) is 0 Å². The number of imidazole rings is 1. The molecule has 4 nitrogen and oxygen atoms in total. The molecule has 0 unspecified atom stereocenters. The van der Waals surface area contributed by atoms with E-state index in [2.05, 4.69) is 4.98 Å². The smallest absolute Gasteiger partial charge is 0.182 e. The number of para-hydroxylation sites is 2. The Balaban J connectivity index is 1.82. The highest BCUT2D eigenvalue weighted by molar-refractivity contribution is 5.97. The number of ketones is 1. The van der Waals surface area contributed by atoms with Gasteiger partial charge in [-0.1, -0.05) is 42.5 Å². The summed E-state index contributed by atoms with van der Waals surface area (Å²) in [6, 6.07) is 20.7. The van der Waals surface area contributed by atoms with E-state index < -0.39 is 0 Å². The van der Waals surface area contributed by atoms with Gasteiger partial charge in [0.2, 0.25) is 0 Å². The minimum Gasteiger partial charge on any atom is -0.461 e. The fraction of sp³-hybridized carbons (Fsp3) is 0.0526. The maximum Gasteiger partial charge on any atom is 0.182 e. The maximum absolute atomic E-state index is 12.6. The van der Waals surface area contributed by atoms with E-state index in [1.807, 2.05) is 71.3 Å². The summed E-state index contributed by atoms with van der Waals surface area (Å²) in [4.78, 5) is 17.2.